The summed E-state index contributed by atoms with van der Waals surface area (Å²) in [5.74, 6) is 0.641. The number of anilines is 1. The highest BCUT2D eigenvalue weighted by Crippen LogP contribution is 2.24. The summed E-state index contributed by atoms with van der Waals surface area (Å²) in [6.07, 6.45) is 3.43. The van der Waals surface area contributed by atoms with Gasteiger partial charge >= 0.3 is 6.01 Å². The lowest BCUT2D eigenvalue weighted by atomic mass is 9.97. The molecule has 102 valence electrons. The number of fused-ring (bicyclic) bond motifs is 1. The van der Waals surface area contributed by atoms with E-state index in [1.54, 1.807) is 0 Å². The van der Waals surface area contributed by atoms with Gasteiger partial charge in [0.05, 0.1) is 12.2 Å². The molecule has 2 N–H and O–H groups in total. The number of H-pyrrole nitrogens is 1. The Balaban J connectivity index is 1.68. The van der Waals surface area contributed by atoms with Crippen LogP contribution in [0.15, 0.2) is 4.42 Å². The minimum absolute atomic E-state index is 0.124. The molecule has 3 rings (SSSR count). The second kappa shape index (κ2) is 4.36. The van der Waals surface area contributed by atoms with Gasteiger partial charge in [-0.1, -0.05) is 25.9 Å². The van der Waals surface area contributed by atoms with E-state index >= 15 is 0 Å². The highest BCUT2D eigenvalue weighted by molar-refractivity contribution is 5.32. The highest BCUT2D eigenvalue weighted by atomic mass is 16.4. The third-order valence-electron chi connectivity index (χ3n) is 3.37. The number of nitrogens with one attached hydrogen (secondary N) is 2. The average Bonchev–Trinajstić information content (AvgIpc) is 3.02. The van der Waals surface area contributed by atoms with Crippen molar-refractivity contribution in [3.63, 3.8) is 0 Å². The molecule has 1 aliphatic rings. The summed E-state index contributed by atoms with van der Waals surface area (Å²) in [5, 5.41) is 18.6. The van der Waals surface area contributed by atoms with Gasteiger partial charge in [-0.05, 0) is 24.8 Å². The largest absolute Gasteiger partial charge is 0.408 e. The zero-order valence-electron chi connectivity index (χ0n) is 11.6. The molecule has 0 atom stereocenters. The lowest BCUT2D eigenvalue weighted by Crippen LogP contribution is -2.11. The molecule has 0 aliphatic heterocycles. The van der Waals surface area contributed by atoms with E-state index in [4.69, 9.17) is 4.42 Å². The third-order valence-corrected chi connectivity index (χ3v) is 3.37. The molecule has 0 saturated carbocycles. The van der Waals surface area contributed by atoms with Crippen LogP contribution in [0.25, 0.3) is 0 Å². The molecular formula is C13H19N5O. The first-order valence-electron chi connectivity index (χ1n) is 6.67. The number of aromatic nitrogens is 4. The fourth-order valence-corrected chi connectivity index (χ4v) is 2.29. The number of aryl methyl sites for hydroxylation is 1. The van der Waals surface area contributed by atoms with E-state index in [2.05, 4.69) is 25.7 Å². The molecule has 1 aliphatic carbocycles. The summed E-state index contributed by atoms with van der Waals surface area (Å²) < 4.78 is 5.59. The maximum atomic E-state index is 5.59. The maximum absolute atomic E-state index is 5.59. The van der Waals surface area contributed by atoms with Crippen molar-refractivity contribution in [3.8, 4) is 0 Å². The molecule has 0 bridgehead atoms. The fraction of sp³-hybridized carbons (Fsp3) is 0.615. The van der Waals surface area contributed by atoms with Gasteiger partial charge in [0.2, 0.25) is 5.89 Å². The van der Waals surface area contributed by atoms with E-state index in [-0.39, 0.29) is 5.41 Å². The van der Waals surface area contributed by atoms with Gasteiger partial charge in [0.25, 0.3) is 0 Å². The molecule has 0 amide bonds. The quantitative estimate of drug-likeness (QED) is 0.885. The zero-order valence-corrected chi connectivity index (χ0v) is 11.6. The average molecular weight is 261 g/mol. The van der Waals surface area contributed by atoms with E-state index in [9.17, 15) is 0 Å². The van der Waals surface area contributed by atoms with Gasteiger partial charge < -0.3 is 9.73 Å². The molecule has 6 nitrogen and oxygen atoms in total. The van der Waals surface area contributed by atoms with Crippen molar-refractivity contribution >= 4 is 6.01 Å². The van der Waals surface area contributed by atoms with Crippen LogP contribution in [0, 0.1) is 0 Å². The van der Waals surface area contributed by atoms with E-state index < -0.39 is 0 Å². The van der Waals surface area contributed by atoms with Gasteiger partial charge in [-0.25, -0.2) is 0 Å². The fourth-order valence-electron chi connectivity index (χ4n) is 2.29. The van der Waals surface area contributed by atoms with Crippen molar-refractivity contribution in [1.29, 1.82) is 0 Å². The molecule has 6 heteroatoms. The number of rotatable bonds is 3. The van der Waals surface area contributed by atoms with Crippen LogP contribution in [0.1, 0.15) is 50.0 Å². The first kappa shape index (κ1) is 12.2. The van der Waals surface area contributed by atoms with Crippen LogP contribution in [0.5, 0.6) is 0 Å². The Morgan fingerprint density at radius 1 is 1.26 bits per heavy atom. The van der Waals surface area contributed by atoms with Crippen LogP contribution in [-0.4, -0.2) is 20.4 Å². The van der Waals surface area contributed by atoms with Crippen molar-refractivity contribution in [2.24, 2.45) is 0 Å². The van der Waals surface area contributed by atoms with E-state index in [0.29, 0.717) is 18.5 Å². The van der Waals surface area contributed by atoms with Gasteiger partial charge in [0.15, 0.2) is 0 Å². The predicted molar refractivity (Wildman–Crippen MR) is 70.9 cm³/mol. The third kappa shape index (κ3) is 2.34. The molecule has 2 heterocycles. The molecule has 2 aromatic heterocycles. The van der Waals surface area contributed by atoms with E-state index in [0.717, 1.165) is 18.5 Å². The molecule has 0 aromatic carbocycles. The SMILES string of the molecule is CC(C)(C)c1nnc(NCc2n[nH]c3c2CCC3)o1. The topological polar surface area (TPSA) is 79.6 Å². The van der Waals surface area contributed by atoms with Crippen molar-refractivity contribution in [3.05, 3.63) is 22.8 Å². The normalized spacial score (nSPS) is 14.7. The first-order chi connectivity index (χ1) is 9.04. The van der Waals surface area contributed by atoms with Crippen LogP contribution in [-0.2, 0) is 24.8 Å². The second-order valence-electron chi connectivity index (χ2n) is 6.00. The van der Waals surface area contributed by atoms with Crippen molar-refractivity contribution in [2.75, 3.05) is 5.32 Å². The summed E-state index contributed by atoms with van der Waals surface area (Å²) >= 11 is 0. The summed E-state index contributed by atoms with van der Waals surface area (Å²) in [6.45, 7) is 6.76. The van der Waals surface area contributed by atoms with Crippen molar-refractivity contribution in [1.82, 2.24) is 20.4 Å². The predicted octanol–water partition coefficient (Wildman–Crippen LogP) is 2.19. The number of hydrogen-bond donors (Lipinski definition) is 2. The lowest BCUT2D eigenvalue weighted by Gasteiger charge is -2.10. The minimum Gasteiger partial charge on any atom is -0.408 e. The van der Waals surface area contributed by atoms with Crippen LogP contribution < -0.4 is 5.32 Å². The van der Waals surface area contributed by atoms with Crippen molar-refractivity contribution < 1.29 is 4.42 Å². The summed E-state index contributed by atoms with van der Waals surface area (Å²) in [4.78, 5) is 0. The second-order valence-corrected chi connectivity index (χ2v) is 6.00. The van der Waals surface area contributed by atoms with E-state index in [1.807, 2.05) is 20.8 Å². The highest BCUT2D eigenvalue weighted by Gasteiger charge is 2.22. The maximum Gasteiger partial charge on any atom is 0.315 e. The smallest absolute Gasteiger partial charge is 0.315 e. The molecule has 0 saturated heterocycles. The van der Waals surface area contributed by atoms with Crippen molar-refractivity contribution in [2.45, 2.75) is 52.0 Å². The van der Waals surface area contributed by atoms with E-state index in [1.165, 1.54) is 17.7 Å². The Morgan fingerprint density at radius 3 is 2.84 bits per heavy atom. The molecule has 2 aromatic rings. The van der Waals surface area contributed by atoms with Crippen LogP contribution in [0.3, 0.4) is 0 Å². The van der Waals surface area contributed by atoms with Gasteiger partial charge in [-0.2, -0.15) is 5.10 Å². The summed E-state index contributed by atoms with van der Waals surface area (Å²) in [5.41, 5.74) is 3.56. The number of nitrogens with zero attached hydrogens (tertiary/aromatic N) is 3. The number of hydrogen-bond acceptors (Lipinski definition) is 5. The Bertz CT molecular complexity index is 578. The van der Waals surface area contributed by atoms with Crippen LogP contribution in [0.2, 0.25) is 0 Å². The molecule has 19 heavy (non-hydrogen) atoms. The Labute approximate surface area is 112 Å². The molecule has 0 unspecified atom stereocenters. The van der Waals surface area contributed by atoms with Gasteiger partial charge in [-0.3, -0.25) is 5.10 Å². The Kier molecular flexibility index (Phi) is 2.80. The summed E-state index contributed by atoms with van der Waals surface area (Å²) in [6, 6.07) is 0.458. The molecular weight excluding hydrogens is 242 g/mol. The standard InChI is InChI=1S/C13H19N5O/c1-13(2,3)11-17-18-12(19-11)14-7-10-8-5-4-6-9(8)15-16-10/h4-7H2,1-3H3,(H,14,18)(H,15,16). The van der Waals surface area contributed by atoms with Gasteiger partial charge in [0.1, 0.15) is 0 Å². The molecule has 0 spiro atoms. The zero-order chi connectivity index (χ0) is 13.5. The van der Waals surface area contributed by atoms with Crippen LogP contribution in [0.4, 0.5) is 6.01 Å². The van der Waals surface area contributed by atoms with Crippen LogP contribution >= 0.6 is 0 Å². The first-order valence-corrected chi connectivity index (χ1v) is 6.67. The Hall–Kier alpha value is -1.85. The van der Waals surface area contributed by atoms with Gasteiger partial charge in [-0.15, -0.1) is 5.10 Å². The molecule has 0 fully saturated rings. The Morgan fingerprint density at radius 2 is 2.11 bits per heavy atom. The lowest BCUT2D eigenvalue weighted by molar-refractivity contribution is 0.399. The monoisotopic (exact) mass is 261 g/mol. The number of aromatic amines is 1. The van der Waals surface area contributed by atoms with Gasteiger partial charge in [0, 0.05) is 11.1 Å². The summed E-state index contributed by atoms with van der Waals surface area (Å²) in [7, 11) is 0. The minimum atomic E-state index is -0.124. The molecule has 0 radical (unpaired) electrons.